The Kier molecular flexibility index (Phi) is 3.60. The Morgan fingerprint density at radius 2 is 1.89 bits per heavy atom. The van der Waals surface area contributed by atoms with E-state index in [1.54, 1.807) is 0 Å². The summed E-state index contributed by atoms with van der Waals surface area (Å²) in [6.07, 6.45) is 1.02. The maximum atomic E-state index is 5.88. The van der Waals surface area contributed by atoms with E-state index in [4.69, 9.17) is 11.5 Å². The molecule has 7 heteroatoms. The summed E-state index contributed by atoms with van der Waals surface area (Å²) in [4.78, 5) is 8.25. The van der Waals surface area contributed by atoms with E-state index in [1.165, 1.54) is 0 Å². The molecule has 0 amide bonds. The first-order chi connectivity index (χ1) is 8.40. The zero-order valence-electron chi connectivity index (χ0n) is 10.7. The Bertz CT molecular complexity index is 576. The number of nitrogens with two attached hydrogens (primary N) is 2. The average Bonchev–Trinajstić information content (AvgIpc) is 2.54. The van der Waals surface area contributed by atoms with E-state index >= 15 is 0 Å². The number of fused-ring (bicyclic) bond motifs is 1. The number of hydrogen-bond donors (Lipinski definition) is 2. The van der Waals surface area contributed by atoms with Crippen molar-refractivity contribution < 1.29 is 0 Å². The highest BCUT2D eigenvalue weighted by atomic mass is 127. The van der Waals surface area contributed by atoms with Crippen LogP contribution >= 0.6 is 22.6 Å². The quantitative estimate of drug-likeness (QED) is 0.819. The lowest BCUT2D eigenvalue weighted by Crippen LogP contribution is -2.11. The number of hydrogen-bond acceptors (Lipinski definition) is 5. The number of nitrogens with zero attached hydrogens (tertiary/aromatic N) is 4. The van der Waals surface area contributed by atoms with Gasteiger partial charge in [-0.1, -0.05) is 13.8 Å². The number of anilines is 2. The van der Waals surface area contributed by atoms with Gasteiger partial charge >= 0.3 is 0 Å². The zero-order valence-corrected chi connectivity index (χ0v) is 12.8. The maximum Gasteiger partial charge on any atom is 0.224 e. The lowest BCUT2D eigenvalue weighted by Gasteiger charge is -2.15. The highest BCUT2D eigenvalue weighted by Crippen LogP contribution is 2.28. The Balaban J connectivity index is 2.58. The Morgan fingerprint density at radius 1 is 1.22 bits per heavy atom. The van der Waals surface area contributed by atoms with Gasteiger partial charge in [0.15, 0.2) is 5.65 Å². The monoisotopic (exact) mass is 360 g/mol. The minimum atomic E-state index is 0.189. The Hall–Kier alpha value is -1.12. The third kappa shape index (κ3) is 2.36. The SMILES string of the molecule is CC(C)C[C@H](C)n1nc(I)c2c(N)nc(N)nc21. The molecule has 0 aliphatic rings. The lowest BCUT2D eigenvalue weighted by atomic mass is 10.1. The van der Waals surface area contributed by atoms with Gasteiger partial charge in [-0.3, -0.25) is 0 Å². The van der Waals surface area contributed by atoms with E-state index in [0.29, 0.717) is 11.7 Å². The van der Waals surface area contributed by atoms with Gasteiger partial charge in [0.2, 0.25) is 5.95 Å². The van der Waals surface area contributed by atoms with Gasteiger partial charge in [0.05, 0.1) is 11.4 Å². The first-order valence-electron chi connectivity index (χ1n) is 5.86. The first-order valence-corrected chi connectivity index (χ1v) is 6.94. The fraction of sp³-hybridized carbons (Fsp3) is 0.545. The molecule has 2 heterocycles. The van der Waals surface area contributed by atoms with Crippen molar-refractivity contribution in [1.82, 2.24) is 19.7 Å². The van der Waals surface area contributed by atoms with E-state index in [2.05, 4.69) is 58.4 Å². The van der Waals surface area contributed by atoms with Crippen LogP contribution < -0.4 is 11.5 Å². The highest BCUT2D eigenvalue weighted by molar-refractivity contribution is 14.1. The van der Waals surface area contributed by atoms with Gasteiger partial charge < -0.3 is 11.5 Å². The van der Waals surface area contributed by atoms with Gasteiger partial charge in [0.25, 0.3) is 0 Å². The number of nitrogen functional groups attached to an aromatic ring is 2. The molecular weight excluding hydrogens is 343 g/mol. The summed E-state index contributed by atoms with van der Waals surface area (Å²) in [6.45, 7) is 6.49. The summed E-state index contributed by atoms with van der Waals surface area (Å²) in [6, 6.07) is 0.254. The van der Waals surface area contributed by atoms with Crippen molar-refractivity contribution in [1.29, 1.82) is 0 Å². The van der Waals surface area contributed by atoms with Crippen LogP contribution in [0.15, 0.2) is 0 Å². The highest BCUT2D eigenvalue weighted by Gasteiger charge is 2.18. The molecule has 4 N–H and O–H groups in total. The predicted octanol–water partition coefficient (Wildman–Crippen LogP) is 2.20. The summed E-state index contributed by atoms with van der Waals surface area (Å²) in [5.41, 5.74) is 12.3. The molecule has 0 radical (unpaired) electrons. The molecule has 1 atom stereocenters. The summed E-state index contributed by atoms with van der Waals surface area (Å²) >= 11 is 2.15. The molecule has 0 saturated heterocycles. The zero-order chi connectivity index (χ0) is 13.4. The lowest BCUT2D eigenvalue weighted by molar-refractivity contribution is 0.404. The van der Waals surface area contributed by atoms with Crippen molar-refractivity contribution in [3.63, 3.8) is 0 Å². The van der Waals surface area contributed by atoms with Crippen molar-refractivity contribution in [2.45, 2.75) is 33.2 Å². The number of halogens is 1. The third-order valence-corrected chi connectivity index (χ3v) is 3.54. The Morgan fingerprint density at radius 3 is 2.50 bits per heavy atom. The van der Waals surface area contributed by atoms with Crippen LogP contribution in [0.3, 0.4) is 0 Å². The molecule has 0 aliphatic carbocycles. The van der Waals surface area contributed by atoms with Crippen molar-refractivity contribution in [3.8, 4) is 0 Å². The van der Waals surface area contributed by atoms with Crippen LogP contribution in [0.2, 0.25) is 0 Å². The first kappa shape index (κ1) is 13.3. The number of aromatic nitrogens is 4. The van der Waals surface area contributed by atoms with Gasteiger partial charge in [-0.05, 0) is 41.9 Å². The molecule has 0 aromatic carbocycles. The van der Waals surface area contributed by atoms with Gasteiger partial charge in [0.1, 0.15) is 9.52 Å². The summed E-state index contributed by atoms with van der Waals surface area (Å²) in [7, 11) is 0. The third-order valence-electron chi connectivity index (χ3n) is 2.78. The van der Waals surface area contributed by atoms with Gasteiger partial charge in [0, 0.05) is 0 Å². The van der Waals surface area contributed by atoms with E-state index < -0.39 is 0 Å². The van der Waals surface area contributed by atoms with Crippen LogP contribution in [0, 0.1) is 9.62 Å². The van der Waals surface area contributed by atoms with Crippen LogP contribution in [-0.4, -0.2) is 19.7 Å². The normalized spacial score (nSPS) is 13.4. The van der Waals surface area contributed by atoms with Crippen molar-refractivity contribution >= 4 is 45.4 Å². The van der Waals surface area contributed by atoms with Crippen molar-refractivity contribution in [2.24, 2.45) is 5.92 Å². The number of rotatable bonds is 3. The fourth-order valence-corrected chi connectivity index (χ4v) is 2.88. The van der Waals surface area contributed by atoms with E-state index in [1.807, 2.05) is 4.68 Å². The summed E-state index contributed by atoms with van der Waals surface area (Å²) in [5, 5.41) is 5.30. The summed E-state index contributed by atoms with van der Waals surface area (Å²) in [5.74, 6) is 1.17. The second kappa shape index (κ2) is 4.87. The molecule has 0 fully saturated rings. The van der Waals surface area contributed by atoms with Gasteiger partial charge in [-0.2, -0.15) is 15.1 Å². The molecule has 0 spiro atoms. The van der Waals surface area contributed by atoms with E-state index in [-0.39, 0.29) is 12.0 Å². The minimum Gasteiger partial charge on any atom is -0.383 e. The molecule has 0 aliphatic heterocycles. The van der Waals surface area contributed by atoms with E-state index in [0.717, 1.165) is 21.2 Å². The molecule has 0 saturated carbocycles. The molecule has 18 heavy (non-hydrogen) atoms. The molecule has 0 unspecified atom stereocenters. The van der Waals surface area contributed by atoms with Crippen LogP contribution in [0.1, 0.15) is 33.2 Å². The summed E-state index contributed by atoms with van der Waals surface area (Å²) < 4.78 is 2.71. The minimum absolute atomic E-state index is 0.189. The molecule has 0 bridgehead atoms. The second-order valence-corrected chi connectivity index (χ2v) is 5.90. The average molecular weight is 360 g/mol. The van der Waals surface area contributed by atoms with Crippen molar-refractivity contribution in [2.75, 3.05) is 11.5 Å². The van der Waals surface area contributed by atoms with E-state index in [9.17, 15) is 0 Å². The largest absolute Gasteiger partial charge is 0.383 e. The fourth-order valence-electron chi connectivity index (χ4n) is 2.13. The van der Waals surface area contributed by atoms with Crippen LogP contribution in [-0.2, 0) is 0 Å². The predicted molar refractivity (Wildman–Crippen MR) is 81.0 cm³/mol. The van der Waals surface area contributed by atoms with Crippen LogP contribution in [0.5, 0.6) is 0 Å². The maximum absolute atomic E-state index is 5.88. The molecule has 2 aromatic heterocycles. The van der Waals surface area contributed by atoms with Crippen LogP contribution in [0.25, 0.3) is 11.0 Å². The molecule has 2 aromatic rings. The standard InChI is InChI=1S/C11H17IN6/c1-5(2)4-6(3)18-10-7(8(12)17-18)9(13)15-11(14)16-10/h5-6H,4H2,1-3H3,(H4,13,14,15,16)/t6-/m0/s1. The van der Waals surface area contributed by atoms with Gasteiger partial charge in [-0.15, -0.1) is 0 Å². The molecule has 98 valence electrons. The Labute approximate surface area is 119 Å². The second-order valence-electron chi connectivity index (χ2n) is 4.88. The molecule has 2 rings (SSSR count). The van der Waals surface area contributed by atoms with Crippen molar-refractivity contribution in [3.05, 3.63) is 3.70 Å². The van der Waals surface area contributed by atoms with Gasteiger partial charge in [-0.25, -0.2) is 4.68 Å². The molecular formula is C11H17IN6. The smallest absolute Gasteiger partial charge is 0.224 e. The molecule has 6 nitrogen and oxygen atoms in total. The topological polar surface area (TPSA) is 95.6 Å². The van der Waals surface area contributed by atoms with Crippen LogP contribution in [0.4, 0.5) is 11.8 Å².